The lowest BCUT2D eigenvalue weighted by molar-refractivity contribution is -0.000502. The zero-order chi connectivity index (χ0) is 13.3. The van der Waals surface area contributed by atoms with E-state index in [0.717, 1.165) is 4.47 Å². The SMILES string of the molecule is O=S(c1ccc(Br)cc1Cl)N1CCC(O)(CO)C1. The molecule has 0 saturated carbocycles. The largest absolute Gasteiger partial charge is 0.393 e. The molecule has 7 heteroatoms. The van der Waals surface area contributed by atoms with Crippen molar-refractivity contribution in [2.24, 2.45) is 0 Å². The molecule has 1 aliphatic heterocycles. The van der Waals surface area contributed by atoms with Crippen LogP contribution in [-0.4, -0.2) is 44.0 Å². The topological polar surface area (TPSA) is 60.8 Å². The fourth-order valence-electron chi connectivity index (χ4n) is 1.85. The van der Waals surface area contributed by atoms with Crippen LogP contribution in [0.1, 0.15) is 6.42 Å². The van der Waals surface area contributed by atoms with Crippen LogP contribution in [0, 0.1) is 0 Å². The summed E-state index contributed by atoms with van der Waals surface area (Å²) in [6.07, 6.45) is 0.406. The van der Waals surface area contributed by atoms with Crippen LogP contribution in [0.4, 0.5) is 0 Å². The lowest BCUT2D eigenvalue weighted by Gasteiger charge is -2.20. The molecule has 0 bridgehead atoms. The highest BCUT2D eigenvalue weighted by Crippen LogP contribution is 2.29. The first-order valence-corrected chi connectivity index (χ1v) is 7.68. The third kappa shape index (κ3) is 2.95. The Morgan fingerprint density at radius 3 is 2.83 bits per heavy atom. The first kappa shape index (κ1) is 14.4. The van der Waals surface area contributed by atoms with Crippen molar-refractivity contribution in [1.82, 2.24) is 4.31 Å². The van der Waals surface area contributed by atoms with E-state index < -0.39 is 16.6 Å². The fraction of sp³-hybridized carbons (Fsp3) is 0.455. The van der Waals surface area contributed by atoms with Crippen LogP contribution >= 0.6 is 27.5 Å². The van der Waals surface area contributed by atoms with Gasteiger partial charge in [-0.3, -0.25) is 0 Å². The highest BCUT2D eigenvalue weighted by molar-refractivity contribution is 9.10. The van der Waals surface area contributed by atoms with Gasteiger partial charge in [0.15, 0.2) is 0 Å². The van der Waals surface area contributed by atoms with Gasteiger partial charge in [-0.05, 0) is 24.6 Å². The van der Waals surface area contributed by atoms with E-state index in [2.05, 4.69) is 15.9 Å². The van der Waals surface area contributed by atoms with E-state index in [1.54, 1.807) is 22.5 Å². The number of aliphatic hydroxyl groups is 2. The van der Waals surface area contributed by atoms with E-state index in [0.29, 0.717) is 22.9 Å². The number of benzene rings is 1. The zero-order valence-corrected chi connectivity index (χ0v) is 12.6. The van der Waals surface area contributed by atoms with Crippen molar-refractivity contribution < 1.29 is 14.4 Å². The third-order valence-corrected chi connectivity index (χ3v) is 5.34. The maximum atomic E-state index is 12.3. The van der Waals surface area contributed by atoms with Gasteiger partial charge in [-0.25, -0.2) is 8.51 Å². The Balaban J connectivity index is 2.18. The lowest BCUT2D eigenvalue weighted by Crippen LogP contribution is -2.37. The number of nitrogens with zero attached hydrogens (tertiary/aromatic N) is 1. The smallest absolute Gasteiger partial charge is 0.129 e. The highest BCUT2D eigenvalue weighted by Gasteiger charge is 2.38. The summed E-state index contributed by atoms with van der Waals surface area (Å²) in [6.45, 7) is 0.327. The normalized spacial score (nSPS) is 26.4. The quantitative estimate of drug-likeness (QED) is 0.866. The summed E-state index contributed by atoms with van der Waals surface area (Å²) in [5.74, 6) is 0. The standard InChI is InChI=1S/C11H13BrClNO3S/c12-8-1-2-10(9(13)5-8)18(17)14-4-3-11(16,6-14)7-15/h1-2,5,15-16H,3-4,6-7H2. The van der Waals surface area contributed by atoms with Crippen LogP contribution in [-0.2, 0) is 11.0 Å². The molecule has 0 aromatic heterocycles. The van der Waals surface area contributed by atoms with Gasteiger partial charge in [0.1, 0.15) is 16.6 Å². The van der Waals surface area contributed by atoms with Crippen LogP contribution in [0.15, 0.2) is 27.6 Å². The molecule has 1 aliphatic rings. The minimum atomic E-state index is -1.42. The van der Waals surface area contributed by atoms with Gasteiger partial charge in [0, 0.05) is 17.6 Å². The van der Waals surface area contributed by atoms with Crippen molar-refractivity contribution in [3.05, 3.63) is 27.7 Å². The second-order valence-corrected chi connectivity index (χ2v) is 7.10. The molecule has 18 heavy (non-hydrogen) atoms. The monoisotopic (exact) mass is 353 g/mol. The Kier molecular flexibility index (Phi) is 4.46. The predicted molar refractivity (Wildman–Crippen MR) is 73.8 cm³/mol. The van der Waals surface area contributed by atoms with Crippen LogP contribution in [0.5, 0.6) is 0 Å². The number of aliphatic hydroxyl groups excluding tert-OH is 1. The van der Waals surface area contributed by atoms with Crippen LogP contribution in [0.3, 0.4) is 0 Å². The maximum Gasteiger partial charge on any atom is 0.129 e. The van der Waals surface area contributed by atoms with Gasteiger partial charge < -0.3 is 10.2 Å². The Morgan fingerprint density at radius 2 is 2.28 bits per heavy atom. The molecule has 2 atom stereocenters. The Hall–Kier alpha value is 0.0200. The second-order valence-electron chi connectivity index (χ2n) is 4.32. The molecule has 1 aromatic rings. The molecule has 2 N–H and O–H groups in total. The maximum absolute atomic E-state index is 12.3. The average molecular weight is 355 g/mol. The Morgan fingerprint density at radius 1 is 1.56 bits per heavy atom. The molecule has 0 aliphatic carbocycles. The summed E-state index contributed by atoms with van der Waals surface area (Å²) in [7, 11) is -1.42. The van der Waals surface area contributed by atoms with Gasteiger partial charge in [-0.1, -0.05) is 27.5 Å². The van der Waals surface area contributed by atoms with E-state index in [4.69, 9.17) is 16.7 Å². The van der Waals surface area contributed by atoms with Gasteiger partial charge in [-0.15, -0.1) is 0 Å². The summed E-state index contributed by atoms with van der Waals surface area (Å²) in [4.78, 5) is 0.516. The summed E-state index contributed by atoms with van der Waals surface area (Å²) in [5, 5.41) is 19.4. The van der Waals surface area contributed by atoms with Gasteiger partial charge >= 0.3 is 0 Å². The van der Waals surface area contributed by atoms with E-state index in [9.17, 15) is 9.32 Å². The minimum Gasteiger partial charge on any atom is -0.393 e. The number of hydrogen-bond donors (Lipinski definition) is 2. The second kappa shape index (κ2) is 5.56. The fourth-order valence-corrected chi connectivity index (χ4v) is 4.02. The van der Waals surface area contributed by atoms with Gasteiger partial charge in [0.05, 0.1) is 16.5 Å². The molecule has 1 fully saturated rings. The van der Waals surface area contributed by atoms with E-state index in [-0.39, 0.29) is 13.2 Å². The van der Waals surface area contributed by atoms with Crippen LogP contribution in [0.2, 0.25) is 5.02 Å². The minimum absolute atomic E-state index is 0.183. The third-order valence-electron chi connectivity index (χ3n) is 2.91. The Bertz CT molecular complexity index is 487. The van der Waals surface area contributed by atoms with Gasteiger partial charge in [-0.2, -0.15) is 0 Å². The number of β-amino-alcohol motifs (C(OH)–C–C–N with tert-alkyl or cyclic N) is 1. The number of halogens is 2. The first-order chi connectivity index (χ1) is 8.45. The summed E-state index contributed by atoms with van der Waals surface area (Å²) < 4.78 is 14.8. The number of rotatable bonds is 3. The average Bonchev–Trinajstić information content (AvgIpc) is 2.72. The van der Waals surface area contributed by atoms with Crippen molar-refractivity contribution in [3.63, 3.8) is 0 Å². The summed E-state index contributed by atoms with van der Waals surface area (Å²) in [5.41, 5.74) is -1.16. The van der Waals surface area contributed by atoms with Crippen molar-refractivity contribution in [2.45, 2.75) is 16.9 Å². The molecule has 1 aromatic carbocycles. The first-order valence-electron chi connectivity index (χ1n) is 5.40. The lowest BCUT2D eigenvalue weighted by atomic mass is 10.1. The van der Waals surface area contributed by atoms with Crippen LogP contribution in [0.25, 0.3) is 0 Å². The predicted octanol–water partition coefficient (Wildman–Crippen LogP) is 1.55. The highest BCUT2D eigenvalue weighted by atomic mass is 79.9. The molecule has 1 saturated heterocycles. The number of hydrogen-bond acceptors (Lipinski definition) is 3. The molecule has 4 nitrogen and oxygen atoms in total. The molecule has 0 spiro atoms. The molecule has 2 rings (SSSR count). The van der Waals surface area contributed by atoms with Gasteiger partial charge in [0.25, 0.3) is 0 Å². The molecular weight excluding hydrogens is 342 g/mol. The van der Waals surface area contributed by atoms with E-state index in [1.165, 1.54) is 0 Å². The van der Waals surface area contributed by atoms with Crippen molar-refractivity contribution in [3.8, 4) is 0 Å². The van der Waals surface area contributed by atoms with Crippen molar-refractivity contribution in [2.75, 3.05) is 19.7 Å². The summed E-state index contributed by atoms with van der Waals surface area (Å²) >= 11 is 9.33. The molecular formula is C11H13BrClNO3S. The summed E-state index contributed by atoms with van der Waals surface area (Å²) in [6, 6.07) is 5.15. The van der Waals surface area contributed by atoms with Crippen molar-refractivity contribution >= 4 is 38.5 Å². The van der Waals surface area contributed by atoms with Gasteiger partial charge in [0.2, 0.25) is 0 Å². The Labute approximate surface area is 121 Å². The molecule has 2 unspecified atom stereocenters. The molecule has 1 heterocycles. The van der Waals surface area contributed by atoms with Crippen LogP contribution < -0.4 is 0 Å². The van der Waals surface area contributed by atoms with E-state index in [1.807, 2.05) is 0 Å². The molecule has 0 amide bonds. The molecule has 0 radical (unpaired) electrons. The zero-order valence-electron chi connectivity index (χ0n) is 9.47. The van der Waals surface area contributed by atoms with Crippen molar-refractivity contribution in [1.29, 1.82) is 0 Å². The molecule has 100 valence electrons. The van der Waals surface area contributed by atoms with E-state index >= 15 is 0 Å².